The number of Topliss-reactive ketones (excluding diaryl/α,β-unsaturated/α-hetero) is 13. The third-order valence-corrected chi connectivity index (χ3v) is 22.9. The van der Waals surface area contributed by atoms with Crippen LogP contribution in [0.5, 0.6) is 0 Å². The zero-order valence-corrected chi connectivity index (χ0v) is 102. The number of ketones is 13. The monoisotopic (exact) mass is 1980 g/mol. The molecule has 19 heteroatoms. The SMILES string of the molecule is CC(C)CC(CC(=O)C(C)(C)C)CC(=O)C(C)(C)C.CC(C)C[C@@H](CC(=O)COC(C)(C)C)CC(=O)C(C)(C)C.CC(C)C[C@@H](CCC(=O)C(C)(C)C)C(=O)C(C)(C)C.CC(C)C[C@@H](CCC(=O)COC(C)(C)C)C(=O)C(C)(C)C.CC(C)C[C@@H](NC(=O)COC(C)(C)C)C(=O)C(C)(C)C.CC(C)C[C@H](CCC(=O)C(C)(C)C)C(=O)C(C)(C)C.CC(C)C[C@H](CCC(=O)COC(C)(C)C)C(=O)C(C)(C)C. The van der Waals surface area contributed by atoms with Crippen molar-refractivity contribution in [3.63, 3.8) is 0 Å². The Balaban J connectivity index is -0.000000295. The Morgan fingerprint density at radius 1 is 0.200 bits per heavy atom. The second kappa shape index (κ2) is 65.0. The lowest BCUT2D eigenvalue weighted by molar-refractivity contribution is -0.136. The van der Waals surface area contributed by atoms with Crippen LogP contribution in [0.25, 0.3) is 0 Å². The summed E-state index contributed by atoms with van der Waals surface area (Å²) in [4.78, 5) is 171. The van der Waals surface area contributed by atoms with E-state index in [4.69, 9.17) is 18.9 Å². The minimum Gasteiger partial charge on any atom is -0.368 e. The van der Waals surface area contributed by atoms with E-state index in [0.717, 1.165) is 38.5 Å². The van der Waals surface area contributed by atoms with Gasteiger partial charge < -0.3 is 24.3 Å². The van der Waals surface area contributed by atoms with Crippen molar-refractivity contribution in [1.29, 1.82) is 0 Å². The van der Waals surface area contributed by atoms with Crippen LogP contribution in [0.15, 0.2) is 0 Å². The van der Waals surface area contributed by atoms with Gasteiger partial charge in [0.2, 0.25) is 5.91 Å². The summed E-state index contributed by atoms with van der Waals surface area (Å²) in [7, 11) is 0. The lowest BCUT2D eigenvalue weighted by Gasteiger charge is -2.27. The molecule has 0 heterocycles. The van der Waals surface area contributed by atoms with Crippen LogP contribution in [-0.2, 0) is 86.1 Å². The molecule has 0 aromatic rings. The number of nitrogens with one attached hydrogen (secondary N) is 1. The molecule has 0 radical (unpaired) electrons. The summed E-state index contributed by atoms with van der Waals surface area (Å²) in [5.74, 6) is 6.04. The van der Waals surface area contributed by atoms with Crippen LogP contribution in [0.3, 0.4) is 0 Å². The van der Waals surface area contributed by atoms with Crippen LogP contribution in [0.4, 0.5) is 0 Å². The van der Waals surface area contributed by atoms with Crippen LogP contribution in [0.1, 0.15) is 510 Å². The van der Waals surface area contributed by atoms with E-state index in [-0.39, 0.29) is 203 Å². The highest BCUT2D eigenvalue weighted by molar-refractivity contribution is 5.94. The molecule has 0 saturated heterocycles. The topological polar surface area (TPSA) is 288 Å². The highest BCUT2D eigenvalue weighted by atomic mass is 16.5. The number of ether oxygens (including phenoxy) is 4. The summed E-state index contributed by atoms with van der Waals surface area (Å²) in [6.45, 7) is 111. The van der Waals surface area contributed by atoms with E-state index in [0.29, 0.717) is 136 Å². The van der Waals surface area contributed by atoms with Gasteiger partial charge in [0.25, 0.3) is 0 Å². The maximum atomic E-state index is 12.5. The minimum absolute atomic E-state index is 0.0183. The molecule has 0 aliphatic carbocycles. The summed E-state index contributed by atoms with van der Waals surface area (Å²) in [5.41, 5.74) is -4.58. The molecule has 0 aromatic carbocycles. The first-order valence-corrected chi connectivity index (χ1v) is 53.6. The average molecular weight is 1990 g/mol. The Morgan fingerprint density at radius 2 is 0.386 bits per heavy atom. The molecule has 140 heavy (non-hydrogen) atoms. The van der Waals surface area contributed by atoms with Gasteiger partial charge in [-0.1, -0.05) is 305 Å². The Hall–Kier alpha value is -4.98. The fourth-order valence-corrected chi connectivity index (χ4v) is 14.9. The molecule has 1 N–H and O–H groups in total. The molecule has 0 aliphatic rings. The predicted molar refractivity (Wildman–Crippen MR) is 587 cm³/mol. The lowest BCUT2D eigenvalue weighted by Crippen LogP contribution is -2.47. The first-order chi connectivity index (χ1) is 61.8. The molecular formula is C121H229NO18. The normalized spacial score (nSPS) is 14.2. The summed E-state index contributed by atoms with van der Waals surface area (Å²) in [5, 5.41) is 2.81. The largest absolute Gasteiger partial charge is 0.368 e. The van der Waals surface area contributed by atoms with E-state index < -0.39 is 11.5 Å². The Labute approximate surface area is 863 Å². The molecule has 0 fully saturated rings. The number of carbonyl (C=O) groups is 14. The molecule has 6 atom stereocenters. The van der Waals surface area contributed by atoms with E-state index in [1.54, 1.807) is 0 Å². The molecule has 1 amide bonds. The van der Waals surface area contributed by atoms with E-state index in [1.807, 2.05) is 305 Å². The van der Waals surface area contributed by atoms with Gasteiger partial charge in [0.1, 0.15) is 78.5 Å². The van der Waals surface area contributed by atoms with Crippen molar-refractivity contribution in [2.45, 2.75) is 538 Å². The molecule has 826 valence electrons. The maximum Gasteiger partial charge on any atom is 0.246 e. The summed E-state index contributed by atoms with van der Waals surface area (Å²) < 4.78 is 22.0. The number of carbonyl (C=O) groups excluding carboxylic acids is 14. The van der Waals surface area contributed by atoms with Crippen molar-refractivity contribution < 1.29 is 86.1 Å². The molecule has 0 aromatic heterocycles. The number of hydrogen-bond acceptors (Lipinski definition) is 18. The molecule has 0 aliphatic heterocycles. The highest BCUT2D eigenvalue weighted by Crippen LogP contribution is 2.37. The second-order valence-corrected chi connectivity index (χ2v) is 57.7. The van der Waals surface area contributed by atoms with Gasteiger partial charge in [0, 0.05) is 129 Å². The molecule has 19 nitrogen and oxygen atoms in total. The molecular weight excluding hydrogens is 1760 g/mol. The number of rotatable bonds is 48. The highest BCUT2D eigenvalue weighted by Gasteiger charge is 2.39. The van der Waals surface area contributed by atoms with Gasteiger partial charge in [-0.2, -0.15) is 0 Å². The summed E-state index contributed by atoms with van der Waals surface area (Å²) in [6, 6.07) is -0.439. The van der Waals surface area contributed by atoms with Gasteiger partial charge in [-0.15, -0.1) is 0 Å². The van der Waals surface area contributed by atoms with E-state index >= 15 is 0 Å². The second-order valence-electron chi connectivity index (χ2n) is 57.7. The van der Waals surface area contributed by atoms with Gasteiger partial charge in [-0.05, 0) is 207 Å². The maximum absolute atomic E-state index is 12.5. The molecule has 0 spiro atoms. The minimum atomic E-state index is -0.461. The first kappa shape index (κ1) is 148. The molecule has 0 rings (SSSR count). The van der Waals surface area contributed by atoms with Crippen LogP contribution in [0.2, 0.25) is 0 Å². The van der Waals surface area contributed by atoms with Gasteiger partial charge in [-0.3, -0.25) is 67.1 Å². The zero-order valence-electron chi connectivity index (χ0n) is 102. The summed E-state index contributed by atoms with van der Waals surface area (Å²) in [6.07, 6.45) is 12.5. The van der Waals surface area contributed by atoms with Gasteiger partial charge in [-0.25, -0.2) is 0 Å². The van der Waals surface area contributed by atoms with Crippen molar-refractivity contribution >= 4 is 81.1 Å². The Morgan fingerprint density at radius 3 is 0.571 bits per heavy atom. The first-order valence-electron chi connectivity index (χ1n) is 53.6. The van der Waals surface area contributed by atoms with Crippen molar-refractivity contribution in [1.82, 2.24) is 5.32 Å². The smallest absolute Gasteiger partial charge is 0.246 e. The van der Waals surface area contributed by atoms with Crippen LogP contribution in [0, 0.1) is 131 Å². The fourth-order valence-electron chi connectivity index (χ4n) is 14.9. The van der Waals surface area contributed by atoms with E-state index in [1.165, 1.54) is 0 Å². The van der Waals surface area contributed by atoms with Gasteiger partial charge in [0.15, 0.2) is 23.1 Å². The van der Waals surface area contributed by atoms with Crippen molar-refractivity contribution in [3.05, 3.63) is 0 Å². The molecule has 0 bridgehead atoms. The van der Waals surface area contributed by atoms with Gasteiger partial charge in [0.05, 0.1) is 28.4 Å². The van der Waals surface area contributed by atoms with Crippen LogP contribution < -0.4 is 5.32 Å². The quantitative estimate of drug-likeness (QED) is 0.0592. The predicted octanol–water partition coefficient (Wildman–Crippen LogP) is 30.2. The van der Waals surface area contributed by atoms with Crippen molar-refractivity contribution in [2.75, 3.05) is 26.4 Å². The van der Waals surface area contributed by atoms with Crippen LogP contribution in [-0.4, -0.2) is 136 Å². The number of hydrogen-bond donors (Lipinski definition) is 1. The fraction of sp³-hybridized carbons (Fsp3) is 0.884. The van der Waals surface area contributed by atoms with Gasteiger partial charge >= 0.3 is 0 Å². The Bertz CT molecular complexity index is 3480. The standard InChI is InChI=1S/3C18H34O3.3C17H32O2.C16H31NO3/c1-13(2)9-14(11-16(20)17(3,4)5)10-15(19)12-21-18(6,7)8;2*1-13(2)11-14(16(20)17(3,4)5)9-10-15(19)12-21-18(6,7)8;1-12(2)9-13(10-14(18)16(3,4)5)11-15(19)17(6,7)8;2*1-12(2)11-13(15(19)17(6,7)8)9-10-14(18)16(3,4)5;1-11(2)9-12(14(19)15(3,4)5)17-13(18)10-20-16(6,7)8/h3*13-14H,9-12H2,1-8H3;3*12-13H,9-11H2,1-8H3;11-12H,9-10H2,1-8H3,(H,17,18)/t3*14-;;2*13-;12-/m010.101/s1. The third-order valence-electron chi connectivity index (χ3n) is 22.9. The lowest BCUT2D eigenvalue weighted by atomic mass is 9.76. The van der Waals surface area contributed by atoms with Crippen molar-refractivity contribution in [3.8, 4) is 0 Å². The summed E-state index contributed by atoms with van der Waals surface area (Å²) >= 11 is 0. The van der Waals surface area contributed by atoms with E-state index in [2.05, 4.69) is 88.4 Å². The average Bonchev–Trinajstić information content (AvgIpc) is 0.858. The molecule has 0 saturated carbocycles. The van der Waals surface area contributed by atoms with Crippen LogP contribution >= 0.6 is 0 Å². The molecule has 0 unspecified atom stereocenters. The van der Waals surface area contributed by atoms with Crippen molar-refractivity contribution in [2.24, 2.45) is 131 Å². The zero-order chi connectivity index (χ0) is 113. The van der Waals surface area contributed by atoms with E-state index in [9.17, 15) is 67.1 Å². The Kier molecular flexibility index (Phi) is 68.7. The number of amides is 1. The third kappa shape index (κ3) is 83.1.